The van der Waals surface area contributed by atoms with Crippen LogP contribution in [0.3, 0.4) is 0 Å². The molecule has 1 aromatic carbocycles. The molecule has 0 bridgehead atoms. The molecule has 0 fully saturated rings. The molecule has 0 saturated heterocycles. The molecule has 2 N–H and O–H groups in total. The van der Waals surface area contributed by atoms with Gasteiger partial charge in [-0.1, -0.05) is 0 Å². The van der Waals surface area contributed by atoms with Gasteiger partial charge in [0, 0.05) is 11.8 Å². The predicted octanol–water partition coefficient (Wildman–Crippen LogP) is 3.51. The predicted molar refractivity (Wildman–Crippen MR) is 77.9 cm³/mol. The van der Waals surface area contributed by atoms with Crippen LogP contribution in [0.25, 0.3) is 11.1 Å². The first-order valence-electron chi connectivity index (χ1n) is 6.40. The van der Waals surface area contributed by atoms with E-state index in [1.807, 2.05) is 13.0 Å². The Labute approximate surface area is 120 Å². The lowest BCUT2D eigenvalue weighted by Crippen LogP contribution is -2.19. The van der Waals surface area contributed by atoms with E-state index < -0.39 is 0 Å². The summed E-state index contributed by atoms with van der Waals surface area (Å²) in [6.45, 7) is 2.50. The van der Waals surface area contributed by atoms with Gasteiger partial charge >= 0.3 is 0 Å². The van der Waals surface area contributed by atoms with E-state index in [1.165, 1.54) is 0 Å². The molecule has 0 spiro atoms. The van der Waals surface area contributed by atoms with E-state index in [0.29, 0.717) is 34.0 Å². The van der Waals surface area contributed by atoms with Gasteiger partial charge < -0.3 is 19.5 Å². The monoisotopic (exact) mass is 290 g/mol. The number of hydrogen-bond donors (Lipinski definition) is 2. The van der Waals surface area contributed by atoms with Crippen LogP contribution in [0.15, 0.2) is 33.9 Å². The Balaban J connectivity index is 1.85. The zero-order chi connectivity index (χ0) is 14.1. The first kappa shape index (κ1) is 12.9. The zero-order valence-corrected chi connectivity index (χ0v) is 11.8. The van der Waals surface area contributed by atoms with E-state index in [2.05, 4.69) is 10.3 Å². The smallest absolute Gasteiger partial charge is 0.266 e. The SMILES string of the molecule is CC1=C(C(=O)Nc2ccc3[nH]c(=S)oc3c2)CCCO1. The van der Waals surface area contributed by atoms with Crippen LogP contribution in [0.1, 0.15) is 19.8 Å². The van der Waals surface area contributed by atoms with Crippen molar-refractivity contribution < 1.29 is 13.9 Å². The fraction of sp³-hybridized carbons (Fsp3) is 0.286. The zero-order valence-electron chi connectivity index (χ0n) is 11.0. The van der Waals surface area contributed by atoms with Crippen molar-refractivity contribution in [3.8, 4) is 0 Å². The summed E-state index contributed by atoms with van der Waals surface area (Å²) in [5, 5.41) is 2.86. The number of ether oxygens (including phenoxy) is 1. The Morgan fingerprint density at radius 3 is 3.10 bits per heavy atom. The summed E-state index contributed by atoms with van der Waals surface area (Å²) in [6.07, 6.45) is 1.61. The third-order valence-corrected chi connectivity index (χ3v) is 3.45. The average Bonchev–Trinajstić information content (AvgIpc) is 2.78. The molecule has 0 saturated carbocycles. The third kappa shape index (κ3) is 2.46. The number of anilines is 1. The summed E-state index contributed by atoms with van der Waals surface area (Å²) in [5.74, 6) is 0.574. The number of oxazole rings is 1. The number of carbonyl (C=O) groups is 1. The molecular weight excluding hydrogens is 276 g/mol. The van der Waals surface area contributed by atoms with Gasteiger partial charge in [0.05, 0.1) is 17.7 Å². The summed E-state index contributed by atoms with van der Waals surface area (Å²) in [7, 11) is 0. The first-order valence-corrected chi connectivity index (χ1v) is 6.81. The maximum Gasteiger partial charge on any atom is 0.266 e. The van der Waals surface area contributed by atoms with Crippen molar-refractivity contribution in [3.63, 3.8) is 0 Å². The fourth-order valence-corrected chi connectivity index (χ4v) is 2.44. The van der Waals surface area contributed by atoms with Crippen LogP contribution in [0, 0.1) is 4.84 Å². The van der Waals surface area contributed by atoms with Crippen LogP contribution in [-0.2, 0) is 9.53 Å². The molecule has 5 nitrogen and oxygen atoms in total. The molecule has 1 aromatic heterocycles. The number of carbonyl (C=O) groups excluding carboxylic acids is 1. The Morgan fingerprint density at radius 1 is 1.45 bits per heavy atom. The van der Waals surface area contributed by atoms with Gasteiger partial charge in [0.15, 0.2) is 5.58 Å². The molecule has 0 atom stereocenters. The van der Waals surface area contributed by atoms with E-state index in [9.17, 15) is 4.79 Å². The number of benzene rings is 1. The van der Waals surface area contributed by atoms with E-state index >= 15 is 0 Å². The molecule has 6 heteroatoms. The third-order valence-electron chi connectivity index (χ3n) is 3.27. The van der Waals surface area contributed by atoms with Crippen molar-refractivity contribution in [2.75, 3.05) is 11.9 Å². The second-order valence-corrected chi connectivity index (χ2v) is 5.04. The Kier molecular flexibility index (Phi) is 3.31. The van der Waals surface area contributed by atoms with Gasteiger partial charge in [0.25, 0.3) is 10.7 Å². The lowest BCUT2D eigenvalue weighted by molar-refractivity contribution is -0.113. The van der Waals surface area contributed by atoms with Crippen molar-refractivity contribution in [1.82, 2.24) is 4.98 Å². The minimum atomic E-state index is -0.129. The van der Waals surface area contributed by atoms with Gasteiger partial charge in [-0.15, -0.1) is 0 Å². The molecule has 20 heavy (non-hydrogen) atoms. The summed E-state index contributed by atoms with van der Waals surface area (Å²) >= 11 is 4.93. The summed E-state index contributed by atoms with van der Waals surface area (Å²) in [5.41, 5.74) is 2.81. The number of rotatable bonds is 2. The quantitative estimate of drug-likeness (QED) is 0.830. The van der Waals surface area contributed by atoms with Gasteiger partial charge in [-0.3, -0.25) is 4.79 Å². The van der Waals surface area contributed by atoms with E-state index in [-0.39, 0.29) is 5.91 Å². The Morgan fingerprint density at radius 2 is 2.30 bits per heavy atom. The normalized spacial score (nSPS) is 15.2. The van der Waals surface area contributed by atoms with Crippen molar-refractivity contribution >= 4 is 34.9 Å². The summed E-state index contributed by atoms with van der Waals surface area (Å²) < 4.78 is 10.7. The Hall–Kier alpha value is -2.08. The van der Waals surface area contributed by atoms with Crippen LogP contribution in [-0.4, -0.2) is 17.5 Å². The van der Waals surface area contributed by atoms with Crippen molar-refractivity contribution in [2.45, 2.75) is 19.8 Å². The molecule has 2 aromatic rings. The molecule has 104 valence electrons. The number of H-pyrrole nitrogens is 1. The van der Waals surface area contributed by atoms with Crippen molar-refractivity contribution in [1.29, 1.82) is 0 Å². The van der Waals surface area contributed by atoms with Crippen LogP contribution >= 0.6 is 12.2 Å². The highest BCUT2D eigenvalue weighted by atomic mass is 32.1. The topological polar surface area (TPSA) is 67.3 Å². The van der Waals surface area contributed by atoms with Gasteiger partial charge in [-0.2, -0.15) is 0 Å². The lowest BCUT2D eigenvalue weighted by Gasteiger charge is -2.18. The largest absolute Gasteiger partial charge is 0.498 e. The van der Waals surface area contributed by atoms with Crippen LogP contribution in [0.4, 0.5) is 5.69 Å². The van der Waals surface area contributed by atoms with Gasteiger partial charge in [0.1, 0.15) is 5.76 Å². The lowest BCUT2D eigenvalue weighted by atomic mass is 10.1. The number of fused-ring (bicyclic) bond motifs is 1. The number of hydrogen-bond acceptors (Lipinski definition) is 4. The molecule has 1 aliphatic rings. The van der Waals surface area contributed by atoms with Crippen LogP contribution in [0.2, 0.25) is 0 Å². The highest BCUT2D eigenvalue weighted by Crippen LogP contribution is 2.22. The molecule has 0 radical (unpaired) electrons. The van der Waals surface area contributed by atoms with Gasteiger partial charge in [-0.25, -0.2) is 0 Å². The number of amides is 1. The maximum atomic E-state index is 12.2. The number of allylic oxidation sites excluding steroid dienone is 1. The average molecular weight is 290 g/mol. The molecule has 1 aliphatic heterocycles. The summed E-state index contributed by atoms with van der Waals surface area (Å²) in [4.78, 5) is 15.4. The molecule has 3 rings (SSSR count). The molecule has 2 heterocycles. The van der Waals surface area contributed by atoms with E-state index in [4.69, 9.17) is 21.4 Å². The first-order chi connectivity index (χ1) is 9.63. The van der Waals surface area contributed by atoms with Gasteiger partial charge in [-0.05, 0) is 44.1 Å². The maximum absolute atomic E-state index is 12.2. The standard InChI is InChI=1S/C14H14N2O3S/c1-8-10(3-2-6-18-8)13(17)15-9-4-5-11-12(7-9)19-14(20)16-11/h4-5,7H,2-3,6H2,1H3,(H,15,17)(H,16,20). The molecular formula is C14H14N2O3S. The minimum absolute atomic E-state index is 0.129. The van der Waals surface area contributed by atoms with Crippen molar-refractivity contribution in [2.24, 2.45) is 0 Å². The fourth-order valence-electron chi connectivity index (χ4n) is 2.24. The number of nitrogens with one attached hydrogen (secondary N) is 2. The highest BCUT2D eigenvalue weighted by molar-refractivity contribution is 7.71. The van der Waals surface area contributed by atoms with Gasteiger partial charge in [0.2, 0.25) is 0 Å². The Bertz CT molecular complexity index is 757. The molecule has 0 aliphatic carbocycles. The van der Waals surface area contributed by atoms with E-state index in [1.54, 1.807) is 12.1 Å². The summed E-state index contributed by atoms with van der Waals surface area (Å²) in [6, 6.07) is 5.38. The minimum Gasteiger partial charge on any atom is -0.498 e. The molecule has 1 amide bonds. The van der Waals surface area contributed by atoms with E-state index in [0.717, 1.165) is 18.4 Å². The van der Waals surface area contributed by atoms with Crippen molar-refractivity contribution in [3.05, 3.63) is 34.4 Å². The highest BCUT2D eigenvalue weighted by Gasteiger charge is 2.18. The second kappa shape index (κ2) is 5.13. The number of aromatic amines is 1. The molecule has 0 unspecified atom stereocenters. The van der Waals surface area contributed by atoms with Crippen LogP contribution in [0.5, 0.6) is 0 Å². The van der Waals surface area contributed by atoms with Crippen LogP contribution < -0.4 is 5.32 Å². The number of aromatic nitrogens is 1. The second-order valence-electron chi connectivity index (χ2n) is 4.67.